The molecular formula is C17H25NO4. The molecule has 0 aromatic heterocycles. The quantitative estimate of drug-likeness (QED) is 0.787. The Bertz CT molecular complexity index is 530. The summed E-state index contributed by atoms with van der Waals surface area (Å²) in [6, 6.07) is 3.59. The van der Waals surface area contributed by atoms with E-state index < -0.39 is 6.10 Å². The number of fused-ring (bicyclic) bond motifs is 1. The molecule has 1 amide bonds. The van der Waals surface area contributed by atoms with Crippen LogP contribution in [0, 0.1) is 0 Å². The fraction of sp³-hybridized carbons (Fsp3) is 0.588. The van der Waals surface area contributed by atoms with Gasteiger partial charge in [-0.3, -0.25) is 4.79 Å². The van der Waals surface area contributed by atoms with Crippen molar-refractivity contribution < 1.29 is 19.4 Å². The van der Waals surface area contributed by atoms with Crippen molar-refractivity contribution in [3.05, 3.63) is 17.7 Å². The van der Waals surface area contributed by atoms with Crippen molar-refractivity contribution in [2.24, 2.45) is 0 Å². The number of anilines is 1. The number of rotatable bonds is 7. The van der Waals surface area contributed by atoms with Crippen molar-refractivity contribution in [3.63, 3.8) is 0 Å². The average Bonchev–Trinajstić information content (AvgIpc) is 2.52. The van der Waals surface area contributed by atoms with Crippen molar-refractivity contribution in [2.45, 2.75) is 52.7 Å². The first-order valence-corrected chi connectivity index (χ1v) is 8.00. The Morgan fingerprint density at radius 2 is 2.09 bits per heavy atom. The SMILES string of the molecule is CCCCCN1C(=O)C(C)Oc2c(OCC)cc(CO)cc21. The van der Waals surface area contributed by atoms with E-state index in [0.29, 0.717) is 35.9 Å². The van der Waals surface area contributed by atoms with Gasteiger partial charge < -0.3 is 19.5 Å². The molecular weight excluding hydrogens is 282 g/mol. The molecule has 0 saturated heterocycles. The number of hydrogen-bond donors (Lipinski definition) is 1. The van der Waals surface area contributed by atoms with Crippen LogP contribution >= 0.6 is 0 Å². The van der Waals surface area contributed by atoms with Gasteiger partial charge >= 0.3 is 0 Å². The number of carbonyl (C=O) groups is 1. The van der Waals surface area contributed by atoms with Crippen LogP contribution in [0.3, 0.4) is 0 Å². The molecule has 0 radical (unpaired) electrons. The van der Waals surface area contributed by atoms with E-state index in [1.165, 1.54) is 0 Å². The maximum Gasteiger partial charge on any atom is 0.267 e. The van der Waals surface area contributed by atoms with E-state index in [-0.39, 0.29) is 12.5 Å². The number of benzene rings is 1. The molecule has 1 aromatic carbocycles. The second-order valence-electron chi connectivity index (χ2n) is 5.49. The molecule has 22 heavy (non-hydrogen) atoms. The summed E-state index contributed by atoms with van der Waals surface area (Å²) in [5.41, 5.74) is 1.42. The highest BCUT2D eigenvalue weighted by molar-refractivity contribution is 6.00. The van der Waals surface area contributed by atoms with Crippen molar-refractivity contribution in [1.29, 1.82) is 0 Å². The first kappa shape index (κ1) is 16.6. The lowest BCUT2D eigenvalue weighted by Gasteiger charge is -2.34. The summed E-state index contributed by atoms with van der Waals surface area (Å²) in [6.45, 7) is 6.85. The van der Waals surface area contributed by atoms with Gasteiger partial charge in [0, 0.05) is 6.54 Å². The van der Waals surface area contributed by atoms with Crippen LogP contribution < -0.4 is 14.4 Å². The molecule has 122 valence electrons. The van der Waals surface area contributed by atoms with E-state index in [9.17, 15) is 9.90 Å². The summed E-state index contributed by atoms with van der Waals surface area (Å²) in [4.78, 5) is 14.2. The topological polar surface area (TPSA) is 59.0 Å². The van der Waals surface area contributed by atoms with Crippen LogP contribution in [-0.4, -0.2) is 30.3 Å². The Morgan fingerprint density at radius 1 is 1.32 bits per heavy atom. The van der Waals surface area contributed by atoms with E-state index in [4.69, 9.17) is 9.47 Å². The van der Waals surface area contributed by atoms with Gasteiger partial charge in [0.25, 0.3) is 5.91 Å². The molecule has 1 aromatic rings. The minimum absolute atomic E-state index is 0.0406. The molecule has 1 heterocycles. The third-order valence-corrected chi connectivity index (χ3v) is 3.76. The van der Waals surface area contributed by atoms with Gasteiger partial charge in [-0.15, -0.1) is 0 Å². The van der Waals surface area contributed by atoms with Gasteiger partial charge in [-0.2, -0.15) is 0 Å². The summed E-state index contributed by atoms with van der Waals surface area (Å²) >= 11 is 0. The highest BCUT2D eigenvalue weighted by atomic mass is 16.5. The molecule has 0 saturated carbocycles. The number of hydrogen-bond acceptors (Lipinski definition) is 4. The zero-order chi connectivity index (χ0) is 16.1. The Kier molecular flexibility index (Phi) is 5.66. The Labute approximate surface area is 131 Å². The first-order valence-electron chi connectivity index (χ1n) is 8.00. The van der Waals surface area contributed by atoms with Crippen molar-refractivity contribution in [1.82, 2.24) is 0 Å². The molecule has 1 N–H and O–H groups in total. The fourth-order valence-electron chi connectivity index (χ4n) is 2.63. The molecule has 0 fully saturated rings. The maximum absolute atomic E-state index is 12.4. The van der Waals surface area contributed by atoms with Gasteiger partial charge in [-0.25, -0.2) is 0 Å². The third-order valence-electron chi connectivity index (χ3n) is 3.76. The molecule has 1 aliphatic heterocycles. The van der Waals surface area contributed by atoms with Crippen molar-refractivity contribution in [2.75, 3.05) is 18.1 Å². The largest absolute Gasteiger partial charge is 0.490 e. The molecule has 0 bridgehead atoms. The molecule has 1 atom stereocenters. The van der Waals surface area contributed by atoms with E-state index >= 15 is 0 Å². The molecule has 5 nitrogen and oxygen atoms in total. The summed E-state index contributed by atoms with van der Waals surface area (Å²) in [5, 5.41) is 9.45. The van der Waals surface area contributed by atoms with E-state index in [1.807, 2.05) is 13.0 Å². The summed E-state index contributed by atoms with van der Waals surface area (Å²) in [7, 11) is 0. The monoisotopic (exact) mass is 307 g/mol. The molecule has 5 heteroatoms. The predicted molar refractivity (Wildman–Crippen MR) is 85.5 cm³/mol. The standard InChI is InChI=1S/C17H25NO4/c1-4-6-7-8-18-14-9-13(11-19)10-15(21-5-2)16(14)22-12(3)17(18)20/h9-10,12,19H,4-8,11H2,1-3H3. The molecule has 0 spiro atoms. The van der Waals surface area contributed by atoms with Crippen LogP contribution in [-0.2, 0) is 11.4 Å². The average molecular weight is 307 g/mol. The van der Waals surface area contributed by atoms with Crippen LogP contribution in [0.5, 0.6) is 11.5 Å². The molecule has 2 rings (SSSR count). The summed E-state index contributed by atoms with van der Waals surface area (Å²) in [6.07, 6.45) is 2.60. The number of carbonyl (C=O) groups excluding carboxylic acids is 1. The first-order chi connectivity index (χ1) is 10.6. The number of amides is 1. The Hall–Kier alpha value is -1.75. The maximum atomic E-state index is 12.4. The minimum Gasteiger partial charge on any atom is -0.490 e. The Balaban J connectivity index is 2.41. The lowest BCUT2D eigenvalue weighted by molar-refractivity contribution is -0.125. The van der Waals surface area contributed by atoms with Crippen LogP contribution in [0.1, 0.15) is 45.6 Å². The molecule has 1 aliphatic rings. The van der Waals surface area contributed by atoms with Crippen LogP contribution in [0.4, 0.5) is 5.69 Å². The van der Waals surface area contributed by atoms with Crippen LogP contribution in [0.15, 0.2) is 12.1 Å². The van der Waals surface area contributed by atoms with E-state index in [0.717, 1.165) is 19.3 Å². The zero-order valence-electron chi connectivity index (χ0n) is 13.6. The molecule has 0 aliphatic carbocycles. The second kappa shape index (κ2) is 7.49. The number of aliphatic hydroxyl groups excluding tert-OH is 1. The number of ether oxygens (including phenoxy) is 2. The molecule has 1 unspecified atom stereocenters. The zero-order valence-corrected chi connectivity index (χ0v) is 13.6. The van der Waals surface area contributed by atoms with Gasteiger partial charge in [0.1, 0.15) is 0 Å². The van der Waals surface area contributed by atoms with Gasteiger partial charge in [0.15, 0.2) is 17.6 Å². The van der Waals surface area contributed by atoms with Gasteiger partial charge in [-0.05, 0) is 38.0 Å². The second-order valence-corrected chi connectivity index (χ2v) is 5.49. The fourth-order valence-corrected chi connectivity index (χ4v) is 2.63. The van der Waals surface area contributed by atoms with E-state index in [1.54, 1.807) is 17.9 Å². The highest BCUT2D eigenvalue weighted by Gasteiger charge is 2.33. The number of nitrogens with zero attached hydrogens (tertiary/aromatic N) is 1. The Morgan fingerprint density at radius 3 is 2.73 bits per heavy atom. The normalized spacial score (nSPS) is 17.2. The predicted octanol–water partition coefficient (Wildman–Crippen LogP) is 2.88. The van der Waals surface area contributed by atoms with Crippen LogP contribution in [0.25, 0.3) is 0 Å². The highest BCUT2D eigenvalue weighted by Crippen LogP contribution is 2.43. The van der Waals surface area contributed by atoms with Gasteiger partial charge in [-0.1, -0.05) is 19.8 Å². The lowest BCUT2D eigenvalue weighted by Crippen LogP contribution is -2.45. The number of unbranched alkanes of at least 4 members (excludes halogenated alkanes) is 2. The lowest BCUT2D eigenvalue weighted by atomic mass is 10.1. The van der Waals surface area contributed by atoms with Gasteiger partial charge in [0.05, 0.1) is 18.9 Å². The minimum atomic E-state index is -0.520. The number of aliphatic hydroxyl groups is 1. The van der Waals surface area contributed by atoms with Crippen molar-refractivity contribution in [3.8, 4) is 11.5 Å². The van der Waals surface area contributed by atoms with Gasteiger partial charge in [0.2, 0.25) is 0 Å². The van der Waals surface area contributed by atoms with Crippen molar-refractivity contribution >= 4 is 11.6 Å². The smallest absolute Gasteiger partial charge is 0.267 e. The van der Waals surface area contributed by atoms with E-state index in [2.05, 4.69) is 6.92 Å². The van der Waals surface area contributed by atoms with Crippen LogP contribution in [0.2, 0.25) is 0 Å². The summed E-state index contributed by atoms with van der Waals surface area (Å²) < 4.78 is 11.4. The third kappa shape index (κ3) is 3.35. The summed E-state index contributed by atoms with van der Waals surface area (Å²) in [5.74, 6) is 1.15.